The van der Waals surface area contributed by atoms with Gasteiger partial charge in [-0.3, -0.25) is 0 Å². The van der Waals surface area contributed by atoms with Crippen LogP contribution in [0.25, 0.3) is 43.1 Å². The van der Waals surface area contributed by atoms with Gasteiger partial charge >= 0.3 is 43.4 Å². The van der Waals surface area contributed by atoms with Gasteiger partial charge in [-0.15, -0.1) is 177 Å². The minimum Gasteiger partial charge on any atom is -1.00 e. The summed E-state index contributed by atoms with van der Waals surface area (Å²) in [5.74, 6) is 0. The van der Waals surface area contributed by atoms with E-state index in [0.29, 0.717) is 0 Å². The van der Waals surface area contributed by atoms with E-state index in [1.807, 2.05) is 0 Å². The Bertz CT molecular complexity index is 2020. The summed E-state index contributed by atoms with van der Waals surface area (Å²) in [6, 6.07) is 53.4. The summed E-state index contributed by atoms with van der Waals surface area (Å²) in [4.78, 5) is 0. The second-order valence-corrected chi connectivity index (χ2v) is 24.7. The summed E-state index contributed by atoms with van der Waals surface area (Å²) in [5, 5.41) is 17.4. The van der Waals surface area contributed by atoms with E-state index in [-0.39, 0.29) is 99.9 Å². The van der Waals surface area contributed by atoms with Crippen molar-refractivity contribution < 1.29 is 68.2 Å². The van der Waals surface area contributed by atoms with Crippen LogP contribution < -0.4 is 46.0 Å². The van der Waals surface area contributed by atoms with Gasteiger partial charge in [-0.2, -0.15) is 24.3 Å². The molecule has 0 radical (unpaired) electrons. The Hall–Kier alpha value is -0.951. The summed E-state index contributed by atoms with van der Waals surface area (Å²) < 4.78 is 0. The smallest absolute Gasteiger partial charge is 1.00 e. The van der Waals surface area contributed by atoms with Crippen LogP contribution in [0, 0.1) is 0 Å². The van der Waals surface area contributed by atoms with Gasteiger partial charge in [-0.05, 0) is 51.3 Å². The third kappa shape index (κ3) is 16.9. The second-order valence-electron chi connectivity index (χ2n) is 15.1. The van der Waals surface area contributed by atoms with Crippen molar-refractivity contribution >= 4 is 96.0 Å². The zero-order valence-corrected chi connectivity index (χ0v) is 45.3. The Morgan fingerprint density at radius 1 is 0.350 bits per heavy atom. The largest absolute Gasteiger partial charge is 2.00 e. The molecule has 8 heteroatoms. The first-order valence-corrected chi connectivity index (χ1v) is 28.6. The van der Waals surface area contributed by atoms with Crippen LogP contribution in [-0.4, -0.2) is 51.3 Å². The zero-order chi connectivity index (χ0) is 39.9. The van der Waals surface area contributed by atoms with E-state index in [1.165, 1.54) is 104 Å². The molecule has 0 saturated carbocycles. The summed E-state index contributed by atoms with van der Waals surface area (Å²) in [6.07, 6.45) is 10.8. The predicted molar refractivity (Wildman–Crippen MR) is 269 cm³/mol. The molecule has 0 spiro atoms. The van der Waals surface area contributed by atoms with Gasteiger partial charge in [0.15, 0.2) is 0 Å². The van der Waals surface area contributed by atoms with Crippen molar-refractivity contribution in [1.29, 1.82) is 0 Å². The number of hydrogen-bond acceptors (Lipinski definition) is 0. The van der Waals surface area contributed by atoms with E-state index in [2.05, 4.69) is 200 Å². The molecule has 0 N–H and O–H groups in total. The number of benzene rings is 4. The van der Waals surface area contributed by atoms with Gasteiger partial charge in [0.2, 0.25) is 0 Å². The van der Waals surface area contributed by atoms with E-state index in [4.69, 9.17) is 0 Å². The fraction of sp³-hybridized carbons (Fsp3) is 0.308. The Labute approximate surface area is 410 Å². The van der Waals surface area contributed by atoms with Crippen LogP contribution in [0.5, 0.6) is 0 Å². The monoisotopic (exact) mass is 978 g/mol. The standard InChI is InChI=1S/2C15H20P.2C11H12P.2ClH.2Ti/c2*1-3-9-16(10-4-2)15-11-13-7-5-6-8-14(13)12-15;2*1-12(2)11-7-9-5-3-4-6-10(9)8-11;;;;/h2*5-8,11-12H,3-4,9-10H2,1-2H3;2*3-8H,1-2H3;2*1H;;/q4*-1;;;2*+2/p-2. The van der Waals surface area contributed by atoms with Crippen molar-refractivity contribution in [3.05, 3.63) is 146 Å². The molecule has 8 aromatic rings. The average Bonchev–Trinajstić information content (AvgIpc) is 4.02. The van der Waals surface area contributed by atoms with Crippen LogP contribution in [0.2, 0.25) is 0 Å². The van der Waals surface area contributed by atoms with Gasteiger partial charge in [0.1, 0.15) is 0 Å². The fourth-order valence-corrected chi connectivity index (χ4v) is 13.8. The summed E-state index contributed by atoms with van der Waals surface area (Å²) >= 11 is 0. The summed E-state index contributed by atoms with van der Waals surface area (Å²) in [5.41, 5.74) is 0. The van der Waals surface area contributed by atoms with Crippen LogP contribution in [0.15, 0.2) is 146 Å². The molecule has 0 bridgehead atoms. The van der Waals surface area contributed by atoms with Crippen molar-refractivity contribution in [3.8, 4) is 0 Å². The van der Waals surface area contributed by atoms with Gasteiger partial charge in [-0.1, -0.05) is 93.5 Å². The van der Waals surface area contributed by atoms with Crippen LogP contribution in [0.1, 0.15) is 53.4 Å². The molecule has 0 atom stereocenters. The number of halogens is 2. The van der Waals surface area contributed by atoms with Crippen LogP contribution >= 0.6 is 31.7 Å². The molecule has 0 saturated heterocycles. The van der Waals surface area contributed by atoms with E-state index in [0.717, 1.165) is 0 Å². The first kappa shape index (κ1) is 57.1. The van der Waals surface area contributed by atoms with Crippen molar-refractivity contribution in [2.24, 2.45) is 0 Å². The number of fused-ring (bicyclic) bond motifs is 4. The first-order chi connectivity index (χ1) is 27.2. The Kier molecular flexibility index (Phi) is 28.8. The van der Waals surface area contributed by atoms with E-state index < -0.39 is 0 Å². The molecule has 0 aliphatic heterocycles. The molecule has 8 rings (SSSR count). The topological polar surface area (TPSA) is 0 Å². The Balaban J connectivity index is 0.000000394. The molecule has 60 heavy (non-hydrogen) atoms. The molecular formula is C52H64Cl2P4Ti2-2. The van der Waals surface area contributed by atoms with E-state index in [1.54, 1.807) is 10.6 Å². The third-order valence-corrected chi connectivity index (χ3v) is 18.7. The predicted octanol–water partition coefficient (Wildman–Crippen LogP) is 8.83. The molecule has 0 aliphatic rings. The van der Waals surface area contributed by atoms with Crippen LogP contribution in [0.4, 0.5) is 0 Å². The second kappa shape index (κ2) is 30.2. The summed E-state index contributed by atoms with van der Waals surface area (Å²) in [6.45, 7) is 18.4. The molecular weight excluding hydrogens is 915 g/mol. The van der Waals surface area contributed by atoms with Crippen molar-refractivity contribution in [2.45, 2.75) is 53.4 Å². The molecule has 0 amide bonds. The quantitative estimate of drug-likeness (QED) is 0.0653. The Morgan fingerprint density at radius 2 is 0.567 bits per heavy atom. The molecule has 0 aromatic heterocycles. The average molecular weight is 980 g/mol. The molecule has 0 aliphatic carbocycles. The van der Waals surface area contributed by atoms with E-state index in [9.17, 15) is 0 Å². The van der Waals surface area contributed by atoms with E-state index >= 15 is 0 Å². The molecule has 8 aromatic carbocycles. The normalized spacial score (nSPS) is 10.6. The zero-order valence-electron chi connectivity index (χ0n) is 37.1. The van der Waals surface area contributed by atoms with Crippen molar-refractivity contribution in [3.63, 3.8) is 0 Å². The summed E-state index contributed by atoms with van der Waals surface area (Å²) in [7, 11) is 0.310. The van der Waals surface area contributed by atoms with Crippen molar-refractivity contribution in [1.82, 2.24) is 0 Å². The SMILES string of the molecule is CCCP(CCC)c1cc2ccccc2[cH-]1.CCCP(CCC)c1cc2ccccc2[cH-]1.CP(C)c1cc2ccccc2[cH-]1.CP(C)c1cc2ccccc2[cH-]1.[Cl-].[Cl-].[Ti+2].[Ti+2]. The van der Waals surface area contributed by atoms with Gasteiger partial charge in [-0.25, -0.2) is 0 Å². The minimum absolute atomic E-state index is 0. The van der Waals surface area contributed by atoms with Gasteiger partial charge < -0.3 is 24.8 Å². The maximum Gasteiger partial charge on any atom is 2.00 e. The van der Waals surface area contributed by atoms with Crippen LogP contribution in [0.3, 0.4) is 0 Å². The number of rotatable bonds is 12. The first-order valence-electron chi connectivity index (χ1n) is 20.7. The molecule has 0 unspecified atom stereocenters. The van der Waals surface area contributed by atoms with Crippen LogP contribution in [-0.2, 0) is 43.4 Å². The Morgan fingerprint density at radius 3 is 0.783 bits per heavy atom. The molecule has 0 nitrogen and oxygen atoms in total. The van der Waals surface area contributed by atoms with Gasteiger partial charge in [0, 0.05) is 0 Å². The van der Waals surface area contributed by atoms with Crippen molar-refractivity contribution in [2.75, 3.05) is 51.3 Å². The van der Waals surface area contributed by atoms with Gasteiger partial charge in [0.25, 0.3) is 0 Å². The molecule has 0 fully saturated rings. The minimum atomic E-state index is 0. The van der Waals surface area contributed by atoms with Gasteiger partial charge in [0.05, 0.1) is 0 Å². The number of hydrogen-bond donors (Lipinski definition) is 0. The third-order valence-electron chi connectivity index (χ3n) is 10.1. The maximum atomic E-state index is 2.41. The molecule has 316 valence electrons. The fourth-order valence-electron chi connectivity index (χ4n) is 7.24. The molecule has 0 heterocycles. The maximum absolute atomic E-state index is 2.41.